The maximum atomic E-state index is 11.1. The van der Waals surface area contributed by atoms with Crippen molar-refractivity contribution >= 4 is 52.2 Å². The molecule has 0 radical (unpaired) electrons. The lowest BCUT2D eigenvalue weighted by Gasteiger charge is -2.07. The van der Waals surface area contributed by atoms with E-state index in [1.54, 1.807) is 12.1 Å². The Morgan fingerprint density at radius 3 is 2.50 bits per heavy atom. The fourth-order valence-electron chi connectivity index (χ4n) is 2.98. The van der Waals surface area contributed by atoms with Gasteiger partial charge in [-0.2, -0.15) is 0 Å². The second-order valence-electron chi connectivity index (χ2n) is 6.65. The molecule has 1 aromatic heterocycles. The topological polar surface area (TPSA) is 129 Å². The molecule has 0 unspecified atom stereocenters. The molecule has 156 valence electrons. The number of carboxylic acids is 1. The maximum Gasteiger partial charge on any atom is 0.524 e. The normalized spacial score (nSPS) is 16.6. The molecule has 1 aliphatic heterocycles. The van der Waals surface area contributed by atoms with Crippen molar-refractivity contribution in [2.75, 3.05) is 5.75 Å². The first kappa shape index (κ1) is 21.0. The molecule has 4 rings (SSSR count). The van der Waals surface area contributed by atoms with Crippen molar-refractivity contribution in [3.05, 3.63) is 58.6 Å². The number of aliphatic carboxylic acids is 1. The number of thioether (sulfide) groups is 1. The molecular weight excluding hydrogens is 447 g/mol. The first-order valence-corrected chi connectivity index (χ1v) is 12.3. The molecule has 0 spiro atoms. The molecule has 2 heterocycles. The molecule has 2 aromatic carbocycles. The molecule has 1 aliphatic rings. The van der Waals surface area contributed by atoms with E-state index in [0.717, 1.165) is 39.2 Å². The first-order valence-electron chi connectivity index (χ1n) is 8.94. The predicted octanol–water partition coefficient (Wildman–Crippen LogP) is 3.50. The molecule has 11 heteroatoms. The van der Waals surface area contributed by atoms with Gasteiger partial charge in [0, 0.05) is 5.75 Å². The number of rotatable bonds is 7. The van der Waals surface area contributed by atoms with Gasteiger partial charge in [-0.3, -0.25) is 14.8 Å². The van der Waals surface area contributed by atoms with Crippen LogP contribution in [-0.4, -0.2) is 42.7 Å². The Kier molecular flexibility index (Phi) is 5.95. The molecular formula is C19H17N2O6PS2. The van der Waals surface area contributed by atoms with Crippen molar-refractivity contribution in [2.45, 2.75) is 18.9 Å². The third-order valence-corrected chi connectivity index (χ3v) is 7.08. The monoisotopic (exact) mass is 464 g/mol. The number of hydrogen-bond acceptors (Lipinski definition) is 7. The van der Waals surface area contributed by atoms with E-state index in [-0.39, 0.29) is 5.75 Å². The molecule has 8 nitrogen and oxygen atoms in total. The number of hydrogen-bond donors (Lipinski definition) is 3. The SMILES string of the molecule is O=C(O)[C@H]1CSC(c2nc3ccc(CCc4ccc(OP(=O)(O)O)cc4)cc3s2)=N1. The summed E-state index contributed by atoms with van der Waals surface area (Å²) in [6, 6.07) is 12.0. The summed E-state index contributed by atoms with van der Waals surface area (Å²) in [6.07, 6.45) is 1.55. The molecule has 3 N–H and O–H groups in total. The van der Waals surface area contributed by atoms with Crippen LogP contribution in [0.5, 0.6) is 5.75 Å². The zero-order chi connectivity index (χ0) is 21.3. The van der Waals surface area contributed by atoms with Gasteiger partial charge in [-0.15, -0.1) is 23.1 Å². The number of fused-ring (bicyclic) bond motifs is 1. The number of thiazole rings is 1. The van der Waals surface area contributed by atoms with Gasteiger partial charge < -0.3 is 9.63 Å². The second kappa shape index (κ2) is 8.49. The van der Waals surface area contributed by atoms with Crippen molar-refractivity contribution in [3.8, 4) is 5.75 Å². The van der Waals surface area contributed by atoms with Crippen molar-refractivity contribution in [2.24, 2.45) is 4.99 Å². The van der Waals surface area contributed by atoms with Gasteiger partial charge in [-0.05, 0) is 48.2 Å². The minimum Gasteiger partial charge on any atom is -0.480 e. The number of carboxylic acid groups (broad SMARTS) is 1. The summed E-state index contributed by atoms with van der Waals surface area (Å²) in [5.41, 5.74) is 3.02. The van der Waals surface area contributed by atoms with Crippen molar-refractivity contribution in [3.63, 3.8) is 0 Å². The Balaban J connectivity index is 1.43. The average molecular weight is 464 g/mol. The van der Waals surface area contributed by atoms with E-state index in [1.165, 1.54) is 35.2 Å². The fraction of sp³-hybridized carbons (Fsp3) is 0.211. The summed E-state index contributed by atoms with van der Waals surface area (Å²) < 4.78 is 16.4. The zero-order valence-electron chi connectivity index (χ0n) is 15.5. The Bertz CT molecular complexity index is 1170. The molecule has 0 fully saturated rings. The largest absolute Gasteiger partial charge is 0.524 e. The number of aliphatic imine (C=N–C) groups is 1. The van der Waals surface area contributed by atoms with Crippen LogP contribution in [0.25, 0.3) is 10.2 Å². The van der Waals surface area contributed by atoms with Crippen LogP contribution in [0.2, 0.25) is 0 Å². The van der Waals surface area contributed by atoms with Gasteiger partial charge in [-0.25, -0.2) is 14.3 Å². The molecule has 0 saturated carbocycles. The Hall–Kier alpha value is -2.23. The summed E-state index contributed by atoms with van der Waals surface area (Å²) >= 11 is 2.93. The summed E-state index contributed by atoms with van der Waals surface area (Å²) in [7, 11) is -4.55. The molecule has 30 heavy (non-hydrogen) atoms. The highest BCUT2D eigenvalue weighted by Gasteiger charge is 2.26. The Morgan fingerprint density at radius 1 is 1.13 bits per heavy atom. The number of aryl methyl sites for hydroxylation is 2. The van der Waals surface area contributed by atoms with Crippen LogP contribution >= 0.6 is 30.9 Å². The van der Waals surface area contributed by atoms with Crippen LogP contribution in [0.4, 0.5) is 0 Å². The predicted molar refractivity (Wildman–Crippen MR) is 117 cm³/mol. The molecule has 0 amide bonds. The Morgan fingerprint density at radius 2 is 1.83 bits per heavy atom. The minimum atomic E-state index is -4.55. The van der Waals surface area contributed by atoms with Gasteiger partial charge in [0.1, 0.15) is 15.8 Å². The van der Waals surface area contributed by atoms with Crippen LogP contribution in [0.15, 0.2) is 47.5 Å². The highest BCUT2D eigenvalue weighted by molar-refractivity contribution is 8.15. The lowest BCUT2D eigenvalue weighted by atomic mass is 10.0. The molecule has 3 aromatic rings. The van der Waals surface area contributed by atoms with E-state index in [0.29, 0.717) is 10.8 Å². The van der Waals surface area contributed by atoms with Crippen molar-refractivity contribution in [1.82, 2.24) is 4.98 Å². The van der Waals surface area contributed by atoms with Crippen LogP contribution < -0.4 is 4.52 Å². The number of phosphoric ester groups is 1. The third kappa shape index (κ3) is 5.08. The van der Waals surface area contributed by atoms with Gasteiger partial charge >= 0.3 is 13.8 Å². The maximum absolute atomic E-state index is 11.1. The van der Waals surface area contributed by atoms with Crippen molar-refractivity contribution in [1.29, 1.82) is 0 Å². The van der Waals surface area contributed by atoms with E-state index in [2.05, 4.69) is 20.6 Å². The fourth-order valence-corrected chi connectivity index (χ4v) is 5.50. The second-order valence-corrected chi connectivity index (χ2v) is 9.85. The third-order valence-electron chi connectivity index (χ3n) is 4.42. The number of carbonyl (C=O) groups is 1. The smallest absolute Gasteiger partial charge is 0.480 e. The lowest BCUT2D eigenvalue weighted by Crippen LogP contribution is -2.17. The molecule has 0 bridgehead atoms. The van der Waals surface area contributed by atoms with Crippen molar-refractivity contribution < 1.29 is 28.8 Å². The number of phosphoric acid groups is 1. The Labute approximate surface area is 179 Å². The van der Waals surface area contributed by atoms with Gasteiger partial charge in [0.05, 0.1) is 10.2 Å². The van der Waals surface area contributed by atoms with Crippen LogP contribution in [-0.2, 0) is 22.2 Å². The summed E-state index contributed by atoms with van der Waals surface area (Å²) in [4.78, 5) is 37.6. The van der Waals surface area contributed by atoms with E-state index in [4.69, 9.17) is 14.9 Å². The first-order chi connectivity index (χ1) is 14.3. The van der Waals surface area contributed by atoms with E-state index in [1.807, 2.05) is 12.1 Å². The zero-order valence-corrected chi connectivity index (χ0v) is 18.0. The number of benzene rings is 2. The summed E-state index contributed by atoms with van der Waals surface area (Å²) in [6.45, 7) is 0. The number of aromatic nitrogens is 1. The summed E-state index contributed by atoms with van der Waals surface area (Å²) in [5.74, 6) is -0.352. The molecule has 0 saturated heterocycles. The van der Waals surface area contributed by atoms with Crippen LogP contribution in [0.1, 0.15) is 16.1 Å². The highest BCUT2D eigenvalue weighted by atomic mass is 32.2. The highest BCUT2D eigenvalue weighted by Crippen LogP contribution is 2.37. The van der Waals surface area contributed by atoms with Gasteiger partial charge in [0.2, 0.25) is 0 Å². The lowest BCUT2D eigenvalue weighted by molar-refractivity contribution is -0.137. The van der Waals surface area contributed by atoms with Gasteiger partial charge in [0.25, 0.3) is 0 Å². The van der Waals surface area contributed by atoms with E-state index >= 15 is 0 Å². The molecule has 1 atom stereocenters. The minimum absolute atomic E-state index is 0.128. The number of nitrogens with zero attached hydrogens (tertiary/aromatic N) is 2. The average Bonchev–Trinajstić information content (AvgIpc) is 3.33. The van der Waals surface area contributed by atoms with Gasteiger partial charge in [0.15, 0.2) is 6.04 Å². The van der Waals surface area contributed by atoms with Crippen LogP contribution in [0, 0.1) is 0 Å². The van der Waals surface area contributed by atoms with E-state index < -0.39 is 19.8 Å². The molecule has 0 aliphatic carbocycles. The van der Waals surface area contributed by atoms with E-state index in [9.17, 15) is 9.36 Å². The standard InChI is InChI=1S/C19H17N2O6PS2/c22-19(23)15-10-29-17(21-15)18-20-14-8-5-12(9-16(14)30-18)2-1-11-3-6-13(7-4-11)27-28(24,25)26/h3-9,15H,1-2,10H2,(H,22,23)(H2,24,25,26)/t15-/m1/s1. The summed E-state index contributed by atoms with van der Waals surface area (Å²) in [5, 5.41) is 10.5. The quantitative estimate of drug-likeness (QED) is 0.453. The van der Waals surface area contributed by atoms with Crippen LogP contribution in [0.3, 0.4) is 0 Å². The van der Waals surface area contributed by atoms with Gasteiger partial charge in [-0.1, -0.05) is 18.2 Å².